The Balaban J connectivity index is 1.69. The van der Waals surface area contributed by atoms with Gasteiger partial charge < -0.3 is 19.5 Å². The second-order valence-electron chi connectivity index (χ2n) is 6.83. The molecule has 8 nitrogen and oxygen atoms in total. The number of para-hydroxylation sites is 1. The number of anilines is 1. The Morgan fingerprint density at radius 1 is 1.11 bits per heavy atom. The number of amides is 2. The van der Waals surface area contributed by atoms with Gasteiger partial charge in [-0.05, 0) is 24.3 Å². The van der Waals surface area contributed by atoms with Crippen LogP contribution in [0, 0.1) is 0 Å². The third-order valence-electron chi connectivity index (χ3n) is 4.88. The van der Waals surface area contributed by atoms with Crippen LogP contribution >= 0.6 is 0 Å². The summed E-state index contributed by atoms with van der Waals surface area (Å²) in [6, 6.07) is 12.6. The fraction of sp³-hybridized carbons (Fsp3) is 0.250. The molecule has 1 aliphatic heterocycles. The van der Waals surface area contributed by atoms with Crippen LogP contribution in [0.1, 0.15) is 20.9 Å². The molecule has 0 bridgehead atoms. The minimum absolute atomic E-state index is 0.135. The maximum absolute atomic E-state index is 13.1. The quantitative estimate of drug-likeness (QED) is 0.697. The van der Waals surface area contributed by atoms with Crippen LogP contribution in [0.4, 0.5) is 5.82 Å². The van der Waals surface area contributed by atoms with Crippen LogP contribution in [0.2, 0.25) is 0 Å². The highest BCUT2D eigenvalue weighted by Crippen LogP contribution is 2.23. The van der Waals surface area contributed by atoms with E-state index in [0.717, 1.165) is 18.8 Å². The SMILES string of the molecule is C[NH+]1CCN(C(=O)c2cnn(-c3ccccc3)c2NC(=O)c2ccco2)CC1. The fourth-order valence-electron chi connectivity index (χ4n) is 3.23. The molecule has 1 saturated heterocycles. The van der Waals surface area contributed by atoms with Crippen LogP contribution in [-0.2, 0) is 0 Å². The Labute approximate surface area is 162 Å². The maximum atomic E-state index is 13.1. The Kier molecular flexibility index (Phi) is 4.94. The molecular formula is C20H22N5O3+. The molecule has 0 radical (unpaired) electrons. The van der Waals surface area contributed by atoms with Crippen molar-refractivity contribution in [3.8, 4) is 5.69 Å². The van der Waals surface area contributed by atoms with Gasteiger partial charge in [0.05, 0.1) is 51.4 Å². The van der Waals surface area contributed by atoms with E-state index in [9.17, 15) is 9.59 Å². The van der Waals surface area contributed by atoms with Crippen molar-refractivity contribution in [2.24, 2.45) is 0 Å². The highest BCUT2D eigenvalue weighted by atomic mass is 16.3. The zero-order valence-electron chi connectivity index (χ0n) is 15.6. The van der Waals surface area contributed by atoms with E-state index in [0.29, 0.717) is 24.5 Å². The van der Waals surface area contributed by atoms with Gasteiger partial charge in [-0.3, -0.25) is 9.59 Å². The van der Waals surface area contributed by atoms with Crippen LogP contribution in [0.25, 0.3) is 5.69 Å². The first-order valence-corrected chi connectivity index (χ1v) is 9.22. The summed E-state index contributed by atoms with van der Waals surface area (Å²) in [5.41, 5.74) is 1.11. The average molecular weight is 380 g/mol. The molecule has 0 saturated carbocycles. The van der Waals surface area contributed by atoms with Gasteiger partial charge in [0.15, 0.2) is 5.76 Å². The minimum atomic E-state index is -0.431. The van der Waals surface area contributed by atoms with Gasteiger partial charge in [0.1, 0.15) is 11.4 Å². The number of aromatic nitrogens is 2. The number of carbonyl (C=O) groups is 2. The van der Waals surface area contributed by atoms with Crippen molar-refractivity contribution in [1.29, 1.82) is 0 Å². The summed E-state index contributed by atoms with van der Waals surface area (Å²) in [6.45, 7) is 3.14. The molecule has 0 spiro atoms. The predicted molar refractivity (Wildman–Crippen MR) is 103 cm³/mol. The summed E-state index contributed by atoms with van der Waals surface area (Å²) in [5.74, 6) is -0.0599. The molecule has 2 N–H and O–H groups in total. The molecule has 2 aromatic heterocycles. The van der Waals surface area contributed by atoms with Gasteiger partial charge in [-0.1, -0.05) is 18.2 Å². The zero-order valence-corrected chi connectivity index (χ0v) is 15.6. The molecule has 1 aromatic carbocycles. The third kappa shape index (κ3) is 3.54. The summed E-state index contributed by atoms with van der Waals surface area (Å²) in [7, 11) is 2.12. The monoisotopic (exact) mass is 380 g/mol. The first-order chi connectivity index (χ1) is 13.6. The van der Waals surface area contributed by atoms with Crippen LogP contribution in [0.15, 0.2) is 59.3 Å². The van der Waals surface area contributed by atoms with Crippen LogP contribution in [0.5, 0.6) is 0 Å². The second kappa shape index (κ2) is 7.69. The standard InChI is InChI=1S/C20H21N5O3/c1-23-9-11-24(12-10-23)20(27)16-14-21-25(15-6-3-2-4-7-15)18(16)22-19(26)17-8-5-13-28-17/h2-8,13-14H,9-12H2,1H3,(H,22,26)/p+1. The first-order valence-electron chi connectivity index (χ1n) is 9.22. The molecule has 144 valence electrons. The van der Waals surface area contributed by atoms with E-state index in [-0.39, 0.29) is 11.7 Å². The van der Waals surface area contributed by atoms with E-state index in [4.69, 9.17) is 4.42 Å². The van der Waals surface area contributed by atoms with Crippen molar-refractivity contribution in [3.63, 3.8) is 0 Å². The van der Waals surface area contributed by atoms with Crippen LogP contribution in [0.3, 0.4) is 0 Å². The molecule has 1 fully saturated rings. The first kappa shape index (κ1) is 18.0. The van der Waals surface area contributed by atoms with Crippen molar-refractivity contribution in [3.05, 3.63) is 66.2 Å². The van der Waals surface area contributed by atoms with Crippen molar-refractivity contribution in [2.45, 2.75) is 0 Å². The summed E-state index contributed by atoms with van der Waals surface area (Å²) < 4.78 is 6.74. The summed E-state index contributed by atoms with van der Waals surface area (Å²) in [5, 5.41) is 7.17. The molecule has 28 heavy (non-hydrogen) atoms. The number of carbonyl (C=O) groups excluding carboxylic acids is 2. The Bertz CT molecular complexity index is 957. The van der Waals surface area contributed by atoms with Gasteiger partial charge in [-0.15, -0.1) is 0 Å². The topological polar surface area (TPSA) is 84.8 Å². The van der Waals surface area contributed by atoms with Gasteiger partial charge in [-0.2, -0.15) is 5.10 Å². The predicted octanol–water partition coefficient (Wildman–Crippen LogP) is 0.688. The molecule has 3 aromatic rings. The fourth-order valence-corrected chi connectivity index (χ4v) is 3.23. The molecule has 1 aliphatic rings. The molecule has 0 atom stereocenters. The normalized spacial score (nSPS) is 14.8. The number of hydrogen-bond acceptors (Lipinski definition) is 4. The van der Waals surface area contributed by atoms with E-state index in [1.165, 1.54) is 17.4 Å². The zero-order chi connectivity index (χ0) is 19.5. The summed E-state index contributed by atoms with van der Waals surface area (Å²) in [6.07, 6.45) is 2.94. The van der Waals surface area contributed by atoms with Crippen molar-refractivity contribution < 1.29 is 18.9 Å². The largest absolute Gasteiger partial charge is 0.459 e. The number of hydrogen-bond donors (Lipinski definition) is 2. The number of furan rings is 1. The number of quaternary nitrogens is 1. The van der Waals surface area contributed by atoms with E-state index >= 15 is 0 Å². The molecule has 8 heteroatoms. The Hall–Kier alpha value is -3.39. The molecule has 3 heterocycles. The average Bonchev–Trinajstić information content (AvgIpc) is 3.39. The lowest BCUT2D eigenvalue weighted by molar-refractivity contribution is -0.883. The van der Waals surface area contributed by atoms with Crippen molar-refractivity contribution in [2.75, 3.05) is 38.5 Å². The number of likely N-dealkylation sites (N-methyl/N-ethyl adjacent to an activating group) is 1. The Morgan fingerprint density at radius 2 is 1.86 bits per heavy atom. The lowest BCUT2D eigenvalue weighted by atomic mass is 10.2. The lowest BCUT2D eigenvalue weighted by Crippen LogP contribution is -3.12. The number of rotatable bonds is 4. The number of piperazine rings is 1. The van der Waals surface area contributed by atoms with E-state index in [2.05, 4.69) is 17.5 Å². The maximum Gasteiger partial charge on any atom is 0.292 e. The highest BCUT2D eigenvalue weighted by Gasteiger charge is 2.28. The lowest BCUT2D eigenvalue weighted by Gasteiger charge is -2.30. The third-order valence-corrected chi connectivity index (χ3v) is 4.88. The highest BCUT2D eigenvalue weighted by molar-refractivity contribution is 6.07. The molecule has 0 aliphatic carbocycles. The minimum Gasteiger partial charge on any atom is -0.459 e. The van der Waals surface area contributed by atoms with E-state index in [1.807, 2.05) is 35.2 Å². The smallest absolute Gasteiger partial charge is 0.292 e. The number of nitrogens with one attached hydrogen (secondary N) is 2. The van der Waals surface area contributed by atoms with Crippen LogP contribution < -0.4 is 10.2 Å². The molecular weight excluding hydrogens is 358 g/mol. The number of benzene rings is 1. The summed E-state index contributed by atoms with van der Waals surface area (Å²) in [4.78, 5) is 28.9. The van der Waals surface area contributed by atoms with Crippen LogP contribution in [-0.4, -0.2) is 59.7 Å². The molecule has 4 rings (SSSR count). The van der Waals surface area contributed by atoms with Gasteiger partial charge in [-0.25, -0.2) is 4.68 Å². The summed E-state index contributed by atoms with van der Waals surface area (Å²) >= 11 is 0. The molecule has 0 unspecified atom stereocenters. The van der Waals surface area contributed by atoms with Gasteiger partial charge in [0.25, 0.3) is 11.8 Å². The Morgan fingerprint density at radius 3 is 2.54 bits per heavy atom. The molecule has 2 amide bonds. The van der Waals surface area contributed by atoms with Gasteiger partial charge >= 0.3 is 0 Å². The number of nitrogens with zero attached hydrogens (tertiary/aromatic N) is 3. The second-order valence-corrected chi connectivity index (χ2v) is 6.83. The van der Waals surface area contributed by atoms with Crippen molar-refractivity contribution >= 4 is 17.6 Å². The van der Waals surface area contributed by atoms with E-state index < -0.39 is 5.91 Å². The van der Waals surface area contributed by atoms with E-state index in [1.54, 1.807) is 16.8 Å². The van der Waals surface area contributed by atoms with Crippen molar-refractivity contribution in [1.82, 2.24) is 14.7 Å². The van der Waals surface area contributed by atoms with Gasteiger partial charge in [0, 0.05) is 0 Å². The van der Waals surface area contributed by atoms with Gasteiger partial charge in [0.2, 0.25) is 0 Å².